The van der Waals surface area contributed by atoms with Crippen molar-refractivity contribution in [3.8, 4) is 0 Å². The zero-order valence-electron chi connectivity index (χ0n) is 17.1. The molecule has 1 unspecified atom stereocenters. The summed E-state index contributed by atoms with van der Waals surface area (Å²) in [6.45, 7) is 9.33. The van der Waals surface area contributed by atoms with Crippen molar-refractivity contribution in [1.29, 1.82) is 0 Å². The van der Waals surface area contributed by atoms with Gasteiger partial charge in [-0.1, -0.05) is 66.2 Å². The van der Waals surface area contributed by atoms with Crippen LogP contribution in [0.4, 0.5) is 0 Å². The van der Waals surface area contributed by atoms with Gasteiger partial charge in [0, 0.05) is 41.0 Å². The topological polar surface area (TPSA) is 112 Å². The van der Waals surface area contributed by atoms with Crippen LogP contribution in [0.5, 0.6) is 0 Å². The van der Waals surface area contributed by atoms with Crippen LogP contribution >= 0.6 is 0 Å². The van der Waals surface area contributed by atoms with Gasteiger partial charge in [-0.25, -0.2) is 17.2 Å². The van der Waals surface area contributed by atoms with Crippen LogP contribution in [0.1, 0.15) is 79.6 Å². The largest absolute Gasteiger partial charge is 0.481 e. The summed E-state index contributed by atoms with van der Waals surface area (Å²) in [6.07, 6.45) is 9.57. The van der Waals surface area contributed by atoms with Crippen LogP contribution in [0.2, 0.25) is 0 Å². The molecule has 7 heteroatoms. The normalized spacial score (nSPS) is 16.5. The predicted molar refractivity (Wildman–Crippen MR) is 101 cm³/mol. The number of hydrogen-bond acceptors (Lipinski definition) is 3. The van der Waals surface area contributed by atoms with Gasteiger partial charge in [0.25, 0.3) is 0 Å². The summed E-state index contributed by atoms with van der Waals surface area (Å²) in [5, 5.41) is 23.2. The maximum absolute atomic E-state index is 9.37. The van der Waals surface area contributed by atoms with Crippen molar-refractivity contribution in [1.82, 2.24) is 0 Å². The number of aliphatic carboxylic acids is 3. The van der Waals surface area contributed by atoms with Crippen LogP contribution in [0.25, 0.3) is 0 Å². The van der Waals surface area contributed by atoms with Gasteiger partial charge in [-0.05, 0) is 0 Å². The fourth-order valence-electron chi connectivity index (χ4n) is 2.16. The Balaban J connectivity index is -0.000000311. The van der Waals surface area contributed by atoms with Crippen molar-refractivity contribution in [3.05, 3.63) is 22.8 Å². The third kappa shape index (κ3) is 16.5. The van der Waals surface area contributed by atoms with E-state index in [9.17, 15) is 14.4 Å². The van der Waals surface area contributed by atoms with Crippen LogP contribution in [-0.4, -0.2) is 33.2 Å². The summed E-state index contributed by atoms with van der Waals surface area (Å²) in [4.78, 5) is 28.1. The Hall–Kier alpha value is -1.40. The molecular formula is C20H33O6Ti-. The average Bonchev–Trinajstić information content (AvgIpc) is 2.91. The molecule has 0 bridgehead atoms. The van der Waals surface area contributed by atoms with Crippen LogP contribution in [-0.2, 0) is 36.1 Å². The molecule has 0 saturated carbocycles. The number of allylic oxidation sites excluding steroid dienone is 4. The second-order valence-electron chi connectivity index (χ2n) is 5.98. The van der Waals surface area contributed by atoms with Gasteiger partial charge < -0.3 is 15.3 Å². The number of carboxylic acid groups (broad SMARTS) is 3. The fourth-order valence-corrected chi connectivity index (χ4v) is 2.16. The molecule has 0 aromatic carbocycles. The first-order chi connectivity index (χ1) is 12.1. The second-order valence-corrected chi connectivity index (χ2v) is 5.98. The van der Waals surface area contributed by atoms with E-state index in [1.165, 1.54) is 31.3 Å². The molecule has 6 nitrogen and oxygen atoms in total. The van der Waals surface area contributed by atoms with Gasteiger partial charge in [-0.3, -0.25) is 14.4 Å². The molecule has 0 aromatic rings. The molecular weight excluding hydrogens is 384 g/mol. The molecule has 154 valence electrons. The molecule has 27 heavy (non-hydrogen) atoms. The number of carbonyl (C=O) groups is 3. The smallest absolute Gasteiger partial charge is 0.303 e. The molecule has 0 saturated heterocycles. The molecule has 0 aliphatic heterocycles. The van der Waals surface area contributed by atoms with E-state index in [2.05, 4.69) is 19.9 Å². The number of carboxylic acids is 3. The Bertz CT molecular complexity index is 489. The van der Waals surface area contributed by atoms with E-state index in [0.717, 1.165) is 0 Å². The molecule has 0 heterocycles. The van der Waals surface area contributed by atoms with Crippen LogP contribution in [0.15, 0.2) is 16.7 Å². The molecule has 1 atom stereocenters. The Morgan fingerprint density at radius 1 is 0.889 bits per heavy atom. The first-order valence-corrected chi connectivity index (χ1v) is 9.08. The Labute approximate surface area is 177 Å². The van der Waals surface area contributed by atoms with E-state index in [-0.39, 0.29) is 41.0 Å². The van der Waals surface area contributed by atoms with Crippen LogP contribution in [0, 0.1) is 12.0 Å². The third-order valence-corrected chi connectivity index (χ3v) is 3.94. The van der Waals surface area contributed by atoms with Crippen molar-refractivity contribution >= 4 is 17.9 Å². The molecule has 0 amide bonds. The van der Waals surface area contributed by atoms with E-state index in [0.29, 0.717) is 5.92 Å². The molecule has 0 spiro atoms. The first kappa shape index (κ1) is 30.3. The van der Waals surface area contributed by atoms with Gasteiger partial charge in [-0.2, -0.15) is 5.57 Å². The standard InChI is InChI=1S/C11H15.3C3H6O2.Ti/c1-8-7-10-5-3-4-6-11(10)9(8)2;3*1-2-3(4)5;/h9H,3-6H2,1-2H3;3*2H2,1H3,(H,4,5);/q-1;;;;. The minimum absolute atomic E-state index is 0. The number of rotatable bonds is 3. The van der Waals surface area contributed by atoms with Gasteiger partial charge in [-0.15, -0.1) is 0 Å². The van der Waals surface area contributed by atoms with Crippen molar-refractivity contribution < 1.29 is 51.4 Å². The van der Waals surface area contributed by atoms with Gasteiger partial charge in [0.2, 0.25) is 0 Å². The maximum atomic E-state index is 9.37. The second kappa shape index (κ2) is 18.0. The van der Waals surface area contributed by atoms with Gasteiger partial charge in [0.05, 0.1) is 0 Å². The maximum Gasteiger partial charge on any atom is 0.303 e. The van der Waals surface area contributed by atoms with Crippen molar-refractivity contribution in [2.45, 2.75) is 79.6 Å². The molecule has 0 fully saturated rings. The van der Waals surface area contributed by atoms with E-state index < -0.39 is 17.9 Å². The van der Waals surface area contributed by atoms with Crippen molar-refractivity contribution in [2.24, 2.45) is 5.92 Å². The predicted octanol–water partition coefficient (Wildman–Crippen LogP) is 4.70. The molecule has 3 N–H and O–H groups in total. The number of hydrogen-bond donors (Lipinski definition) is 3. The zero-order valence-corrected chi connectivity index (χ0v) is 18.7. The third-order valence-electron chi connectivity index (χ3n) is 3.94. The summed E-state index contributed by atoms with van der Waals surface area (Å²) >= 11 is 0. The monoisotopic (exact) mass is 417 g/mol. The van der Waals surface area contributed by atoms with Gasteiger partial charge in [0.15, 0.2) is 0 Å². The van der Waals surface area contributed by atoms with Gasteiger partial charge in [0.1, 0.15) is 0 Å². The average molecular weight is 417 g/mol. The summed E-state index contributed by atoms with van der Waals surface area (Å²) in [5.41, 5.74) is 4.69. The Kier molecular flexibility index (Phi) is 20.2. The summed E-state index contributed by atoms with van der Waals surface area (Å²) in [5.74, 6) is -1.52. The van der Waals surface area contributed by atoms with Crippen LogP contribution < -0.4 is 0 Å². The quantitative estimate of drug-likeness (QED) is 0.453. The Morgan fingerprint density at radius 2 is 1.22 bits per heavy atom. The van der Waals surface area contributed by atoms with E-state index in [1.54, 1.807) is 31.9 Å². The van der Waals surface area contributed by atoms with Crippen molar-refractivity contribution in [3.63, 3.8) is 0 Å². The molecule has 2 rings (SSSR count). The van der Waals surface area contributed by atoms with Crippen molar-refractivity contribution in [2.75, 3.05) is 0 Å². The molecule has 2 aliphatic rings. The zero-order chi connectivity index (χ0) is 20.7. The molecule has 0 aromatic heterocycles. The summed E-state index contributed by atoms with van der Waals surface area (Å²) < 4.78 is 0. The summed E-state index contributed by atoms with van der Waals surface area (Å²) in [6, 6.07) is 0. The Morgan fingerprint density at radius 3 is 1.52 bits per heavy atom. The fraction of sp³-hybridized carbons (Fsp3) is 0.650. The van der Waals surface area contributed by atoms with Gasteiger partial charge >= 0.3 is 17.9 Å². The van der Waals surface area contributed by atoms with E-state index in [4.69, 9.17) is 15.3 Å². The molecule has 2 aliphatic carbocycles. The SMILES string of the molecule is CC1=[C-]C2=C(CCCC2)C1C.CCC(=O)O.CCC(=O)O.CCC(=O)O.[Ti]. The molecule has 0 radical (unpaired) electrons. The summed E-state index contributed by atoms with van der Waals surface area (Å²) in [7, 11) is 0. The van der Waals surface area contributed by atoms with E-state index in [1.807, 2.05) is 0 Å². The van der Waals surface area contributed by atoms with Crippen LogP contribution in [0.3, 0.4) is 0 Å². The first-order valence-electron chi connectivity index (χ1n) is 9.08. The minimum Gasteiger partial charge on any atom is -0.481 e. The minimum atomic E-state index is -0.745. The van der Waals surface area contributed by atoms with E-state index >= 15 is 0 Å².